The maximum absolute atomic E-state index is 6.10. The zero-order chi connectivity index (χ0) is 11.8. The molecule has 0 aliphatic carbocycles. The van der Waals surface area contributed by atoms with E-state index in [1.807, 2.05) is 5.51 Å². The number of fused-ring (bicyclic) bond motifs is 2. The minimum absolute atomic E-state index is 0.453. The van der Waals surface area contributed by atoms with Crippen LogP contribution in [0.25, 0.3) is 0 Å². The van der Waals surface area contributed by atoms with Crippen LogP contribution in [0.5, 0.6) is 0 Å². The largest absolute Gasteiger partial charge is 0.328 e. The normalized spacial score (nSPS) is 33.2. The second-order valence-corrected chi connectivity index (χ2v) is 6.40. The molecule has 2 atom stereocenters. The number of piperidine rings is 1. The maximum Gasteiger partial charge on any atom is 0.0797 e. The van der Waals surface area contributed by atoms with Gasteiger partial charge in [0.2, 0.25) is 0 Å². The van der Waals surface area contributed by atoms with Gasteiger partial charge in [-0.1, -0.05) is 0 Å². The molecule has 1 aromatic heterocycles. The summed E-state index contributed by atoms with van der Waals surface area (Å²) in [6.07, 6.45) is 6.30. The van der Waals surface area contributed by atoms with Crippen LogP contribution >= 0.6 is 11.3 Å². The molecule has 2 aliphatic heterocycles. The minimum atomic E-state index is 0.453. The number of aryl methyl sites for hydroxylation is 1. The van der Waals surface area contributed by atoms with Gasteiger partial charge in [-0.15, -0.1) is 11.3 Å². The average molecular weight is 251 g/mol. The molecule has 0 spiro atoms. The third-order valence-corrected chi connectivity index (χ3v) is 5.36. The van der Waals surface area contributed by atoms with E-state index in [1.54, 1.807) is 11.3 Å². The molecule has 1 aromatic rings. The van der Waals surface area contributed by atoms with Gasteiger partial charge in [-0.2, -0.15) is 0 Å². The van der Waals surface area contributed by atoms with Gasteiger partial charge in [0.1, 0.15) is 0 Å². The summed E-state index contributed by atoms with van der Waals surface area (Å²) >= 11 is 1.80. The first kappa shape index (κ1) is 11.6. The van der Waals surface area contributed by atoms with Crippen molar-refractivity contribution in [2.24, 2.45) is 5.73 Å². The predicted molar refractivity (Wildman–Crippen MR) is 71.3 cm³/mol. The molecule has 4 heteroatoms. The molecular weight excluding hydrogens is 230 g/mol. The number of rotatable bonds is 3. The molecule has 3 heterocycles. The fourth-order valence-electron chi connectivity index (χ4n) is 3.48. The van der Waals surface area contributed by atoms with Gasteiger partial charge < -0.3 is 5.73 Å². The number of aromatic nitrogens is 1. The van der Waals surface area contributed by atoms with Crippen LogP contribution in [0, 0.1) is 6.92 Å². The second-order valence-electron chi connectivity index (χ2n) is 5.47. The molecule has 17 heavy (non-hydrogen) atoms. The summed E-state index contributed by atoms with van der Waals surface area (Å²) in [5.74, 6) is 0. The van der Waals surface area contributed by atoms with Crippen LogP contribution in [-0.2, 0) is 6.42 Å². The van der Waals surface area contributed by atoms with E-state index in [0.717, 1.165) is 12.1 Å². The van der Waals surface area contributed by atoms with Crippen molar-refractivity contribution in [3.8, 4) is 0 Å². The predicted octanol–water partition coefficient (Wildman–Crippen LogP) is 1.95. The molecule has 2 saturated heterocycles. The number of hydrogen-bond donors (Lipinski definition) is 1. The van der Waals surface area contributed by atoms with Gasteiger partial charge in [0.25, 0.3) is 0 Å². The fraction of sp³-hybridized carbons (Fsp3) is 0.769. The molecule has 2 N–H and O–H groups in total. The zero-order valence-electron chi connectivity index (χ0n) is 10.4. The molecule has 3 nitrogen and oxygen atoms in total. The van der Waals surface area contributed by atoms with Crippen molar-refractivity contribution in [1.29, 1.82) is 0 Å². The molecular formula is C13H21N3S. The topological polar surface area (TPSA) is 42.2 Å². The van der Waals surface area contributed by atoms with E-state index in [0.29, 0.717) is 6.04 Å². The average Bonchev–Trinajstić information content (AvgIpc) is 2.79. The Morgan fingerprint density at radius 3 is 2.71 bits per heavy atom. The Bertz CT molecular complexity index is 376. The third-order valence-electron chi connectivity index (χ3n) is 4.36. The Morgan fingerprint density at radius 1 is 1.41 bits per heavy atom. The quantitative estimate of drug-likeness (QED) is 0.893. The number of hydrogen-bond acceptors (Lipinski definition) is 4. The third kappa shape index (κ3) is 2.26. The standard InChI is InChI=1S/C13H21N3S/c1-9-13(17-8-15-9)4-5-16-11-2-3-12(16)7-10(14)6-11/h8,10-12H,2-7,14H2,1H3. The zero-order valence-corrected chi connectivity index (χ0v) is 11.2. The molecule has 3 rings (SSSR count). The second kappa shape index (κ2) is 4.67. The molecule has 2 fully saturated rings. The summed E-state index contributed by atoms with van der Waals surface area (Å²) in [4.78, 5) is 8.49. The first-order chi connectivity index (χ1) is 8.24. The lowest BCUT2D eigenvalue weighted by Crippen LogP contribution is -2.48. The van der Waals surface area contributed by atoms with Gasteiger partial charge in [0.05, 0.1) is 11.2 Å². The smallest absolute Gasteiger partial charge is 0.0797 e. The molecule has 0 aromatic carbocycles. The summed E-state index contributed by atoms with van der Waals surface area (Å²) in [6.45, 7) is 3.32. The monoisotopic (exact) mass is 251 g/mol. The molecule has 94 valence electrons. The first-order valence-electron chi connectivity index (χ1n) is 6.64. The Morgan fingerprint density at radius 2 is 2.12 bits per heavy atom. The van der Waals surface area contributed by atoms with E-state index in [1.165, 1.54) is 49.2 Å². The highest BCUT2D eigenvalue weighted by molar-refractivity contribution is 7.09. The SMILES string of the molecule is Cc1ncsc1CCN1C2CCC1CC(N)C2. The van der Waals surface area contributed by atoms with E-state index in [2.05, 4.69) is 16.8 Å². The Hall–Kier alpha value is -0.450. The Labute approximate surface area is 107 Å². The summed E-state index contributed by atoms with van der Waals surface area (Å²) in [5, 5.41) is 0. The summed E-state index contributed by atoms with van der Waals surface area (Å²) < 4.78 is 0. The highest BCUT2D eigenvalue weighted by Crippen LogP contribution is 2.35. The summed E-state index contributed by atoms with van der Waals surface area (Å²) in [5.41, 5.74) is 9.28. The van der Waals surface area contributed by atoms with E-state index < -0.39 is 0 Å². The van der Waals surface area contributed by atoms with Gasteiger partial charge >= 0.3 is 0 Å². The van der Waals surface area contributed by atoms with Crippen LogP contribution in [0.4, 0.5) is 0 Å². The van der Waals surface area contributed by atoms with Crippen LogP contribution in [0.2, 0.25) is 0 Å². The first-order valence-corrected chi connectivity index (χ1v) is 7.52. The van der Waals surface area contributed by atoms with Crippen molar-refractivity contribution in [2.45, 2.75) is 57.2 Å². The summed E-state index contributed by atoms with van der Waals surface area (Å²) in [7, 11) is 0. The van der Waals surface area contributed by atoms with Crippen molar-refractivity contribution in [2.75, 3.05) is 6.54 Å². The van der Waals surface area contributed by atoms with Crippen molar-refractivity contribution < 1.29 is 0 Å². The molecule has 2 bridgehead atoms. The van der Waals surface area contributed by atoms with Gasteiger partial charge in [0, 0.05) is 29.5 Å². The minimum Gasteiger partial charge on any atom is -0.328 e. The number of nitrogens with zero attached hydrogens (tertiary/aromatic N) is 2. The van der Waals surface area contributed by atoms with Crippen molar-refractivity contribution in [3.63, 3.8) is 0 Å². The number of nitrogens with two attached hydrogens (primary N) is 1. The van der Waals surface area contributed by atoms with Crippen LogP contribution in [0.1, 0.15) is 36.3 Å². The maximum atomic E-state index is 6.10. The lowest BCUT2D eigenvalue weighted by atomic mass is 9.98. The lowest BCUT2D eigenvalue weighted by molar-refractivity contribution is 0.130. The highest BCUT2D eigenvalue weighted by Gasteiger charge is 2.38. The van der Waals surface area contributed by atoms with Crippen LogP contribution < -0.4 is 5.73 Å². The molecule has 2 aliphatic rings. The van der Waals surface area contributed by atoms with E-state index in [-0.39, 0.29) is 0 Å². The molecule has 0 radical (unpaired) electrons. The Balaban J connectivity index is 1.61. The van der Waals surface area contributed by atoms with Gasteiger partial charge in [-0.05, 0) is 39.0 Å². The van der Waals surface area contributed by atoms with Gasteiger partial charge in [-0.3, -0.25) is 4.90 Å². The van der Waals surface area contributed by atoms with E-state index in [9.17, 15) is 0 Å². The van der Waals surface area contributed by atoms with Crippen molar-refractivity contribution in [1.82, 2.24) is 9.88 Å². The lowest BCUT2D eigenvalue weighted by Gasteiger charge is -2.37. The van der Waals surface area contributed by atoms with E-state index in [4.69, 9.17) is 5.73 Å². The highest BCUT2D eigenvalue weighted by atomic mass is 32.1. The van der Waals surface area contributed by atoms with E-state index >= 15 is 0 Å². The Kier molecular flexibility index (Phi) is 3.19. The van der Waals surface area contributed by atoms with Crippen LogP contribution in [-0.4, -0.2) is 34.6 Å². The van der Waals surface area contributed by atoms with Crippen molar-refractivity contribution in [3.05, 3.63) is 16.1 Å². The summed E-state index contributed by atoms with van der Waals surface area (Å²) in [6, 6.07) is 1.97. The van der Waals surface area contributed by atoms with Gasteiger partial charge in [0.15, 0.2) is 0 Å². The molecule has 2 unspecified atom stereocenters. The van der Waals surface area contributed by atoms with Crippen LogP contribution in [0.15, 0.2) is 5.51 Å². The fourth-order valence-corrected chi connectivity index (χ4v) is 4.25. The molecule has 0 amide bonds. The molecule has 0 saturated carbocycles. The van der Waals surface area contributed by atoms with Gasteiger partial charge in [-0.25, -0.2) is 4.98 Å². The van der Waals surface area contributed by atoms with Crippen molar-refractivity contribution >= 4 is 11.3 Å². The van der Waals surface area contributed by atoms with Crippen LogP contribution in [0.3, 0.4) is 0 Å². The number of thiazole rings is 1.